The molecule has 1 aromatic heterocycles. The number of carbonyl (C=O) groups is 1. The van der Waals surface area contributed by atoms with Gasteiger partial charge in [-0.15, -0.1) is 0 Å². The van der Waals surface area contributed by atoms with Crippen molar-refractivity contribution in [3.8, 4) is 0 Å². The molecule has 2 aromatic rings. The number of sulfonamides is 1. The van der Waals surface area contributed by atoms with Crippen molar-refractivity contribution in [3.63, 3.8) is 0 Å². The van der Waals surface area contributed by atoms with E-state index < -0.39 is 10.0 Å². The second-order valence-corrected chi connectivity index (χ2v) is 10.2. The van der Waals surface area contributed by atoms with Gasteiger partial charge in [0.15, 0.2) is 0 Å². The number of rotatable bonds is 7. The molecule has 8 heteroatoms. The summed E-state index contributed by atoms with van der Waals surface area (Å²) in [6.45, 7) is 6.55. The molecule has 0 unspecified atom stereocenters. The third-order valence-electron chi connectivity index (χ3n) is 5.89. The van der Waals surface area contributed by atoms with E-state index in [9.17, 15) is 13.2 Å². The van der Waals surface area contributed by atoms with Crippen molar-refractivity contribution in [1.29, 1.82) is 0 Å². The van der Waals surface area contributed by atoms with Gasteiger partial charge in [0.1, 0.15) is 0 Å². The molecule has 3 rings (SSSR count). The molecule has 0 saturated carbocycles. The van der Waals surface area contributed by atoms with Crippen LogP contribution in [0.15, 0.2) is 30.5 Å². The van der Waals surface area contributed by atoms with E-state index in [2.05, 4.69) is 5.10 Å². The Morgan fingerprint density at radius 1 is 1.20 bits per heavy atom. The molecule has 7 nitrogen and oxygen atoms in total. The van der Waals surface area contributed by atoms with Crippen LogP contribution < -0.4 is 0 Å². The Bertz CT molecular complexity index is 974. The molecule has 0 atom stereocenters. The molecule has 0 spiro atoms. The Morgan fingerprint density at radius 3 is 2.37 bits per heavy atom. The van der Waals surface area contributed by atoms with Gasteiger partial charge in [-0.05, 0) is 56.7 Å². The number of hydrogen-bond acceptors (Lipinski definition) is 4. The van der Waals surface area contributed by atoms with E-state index >= 15 is 0 Å². The second kappa shape index (κ2) is 9.31. The van der Waals surface area contributed by atoms with Crippen LogP contribution >= 0.6 is 0 Å². The predicted molar refractivity (Wildman–Crippen MR) is 118 cm³/mol. The maximum atomic E-state index is 12.8. The van der Waals surface area contributed by atoms with E-state index in [4.69, 9.17) is 0 Å². The van der Waals surface area contributed by atoms with E-state index in [1.54, 1.807) is 9.21 Å². The number of nitrogens with zero attached hydrogens (tertiary/aromatic N) is 4. The SMILES string of the molecule is CCn1cc(CN(C)C(=O)c2ccc(CC3CCN(S(C)(=O)=O)CC3)cc2)c(C)n1. The lowest BCUT2D eigenvalue weighted by molar-refractivity contribution is 0.0785. The molecule has 164 valence electrons. The largest absolute Gasteiger partial charge is 0.337 e. The highest BCUT2D eigenvalue weighted by Gasteiger charge is 2.25. The molecule has 2 heterocycles. The highest BCUT2D eigenvalue weighted by atomic mass is 32.2. The highest BCUT2D eigenvalue weighted by molar-refractivity contribution is 7.88. The summed E-state index contributed by atoms with van der Waals surface area (Å²) < 4.78 is 26.7. The van der Waals surface area contributed by atoms with E-state index in [1.807, 2.05) is 56.0 Å². The number of aryl methyl sites for hydroxylation is 2. The maximum absolute atomic E-state index is 12.8. The molecule has 0 radical (unpaired) electrons. The molecule has 30 heavy (non-hydrogen) atoms. The lowest BCUT2D eigenvalue weighted by Crippen LogP contribution is -2.38. The number of piperidine rings is 1. The van der Waals surface area contributed by atoms with E-state index in [-0.39, 0.29) is 5.91 Å². The average molecular weight is 433 g/mol. The van der Waals surface area contributed by atoms with Gasteiger partial charge in [-0.2, -0.15) is 5.10 Å². The highest BCUT2D eigenvalue weighted by Crippen LogP contribution is 2.23. The molecule has 0 aliphatic carbocycles. The van der Waals surface area contributed by atoms with Crippen molar-refractivity contribution < 1.29 is 13.2 Å². The van der Waals surface area contributed by atoms with E-state index in [0.29, 0.717) is 31.1 Å². The van der Waals surface area contributed by atoms with Crippen LogP contribution in [0.5, 0.6) is 0 Å². The van der Waals surface area contributed by atoms with Crippen molar-refractivity contribution in [1.82, 2.24) is 19.0 Å². The van der Waals surface area contributed by atoms with Crippen LogP contribution in [0.2, 0.25) is 0 Å². The van der Waals surface area contributed by atoms with Gasteiger partial charge in [0.2, 0.25) is 10.0 Å². The molecule has 0 N–H and O–H groups in total. The lowest BCUT2D eigenvalue weighted by atomic mass is 9.90. The summed E-state index contributed by atoms with van der Waals surface area (Å²) in [4.78, 5) is 14.5. The molecule has 1 aliphatic heterocycles. The third-order valence-corrected chi connectivity index (χ3v) is 7.20. The van der Waals surface area contributed by atoms with Gasteiger partial charge in [0.05, 0.1) is 11.9 Å². The minimum atomic E-state index is -3.09. The van der Waals surface area contributed by atoms with E-state index in [1.165, 1.54) is 11.8 Å². The van der Waals surface area contributed by atoms with Gasteiger partial charge >= 0.3 is 0 Å². The van der Waals surface area contributed by atoms with Gasteiger partial charge in [-0.1, -0.05) is 12.1 Å². The van der Waals surface area contributed by atoms with Crippen molar-refractivity contribution in [2.24, 2.45) is 5.92 Å². The van der Waals surface area contributed by atoms with Crippen LogP contribution in [-0.2, 0) is 29.5 Å². The summed E-state index contributed by atoms with van der Waals surface area (Å²) in [5.74, 6) is 0.469. The summed E-state index contributed by atoms with van der Waals surface area (Å²) in [6, 6.07) is 7.82. The van der Waals surface area contributed by atoms with Gasteiger partial charge in [-0.25, -0.2) is 12.7 Å². The van der Waals surface area contributed by atoms with Crippen molar-refractivity contribution in [2.75, 3.05) is 26.4 Å². The first kappa shape index (κ1) is 22.5. The van der Waals surface area contributed by atoms with E-state index in [0.717, 1.165) is 37.1 Å². The number of benzene rings is 1. The minimum Gasteiger partial charge on any atom is -0.337 e. The fraction of sp³-hybridized carbons (Fsp3) is 0.545. The van der Waals surface area contributed by atoms with Crippen LogP contribution in [0.3, 0.4) is 0 Å². The van der Waals surface area contributed by atoms with Crippen LogP contribution in [0.4, 0.5) is 0 Å². The standard InChI is InChI=1S/C22H32N4O3S/c1-5-25-16-21(17(2)23-25)15-24(3)22(27)20-8-6-18(7-9-20)14-19-10-12-26(13-11-19)30(4,28)29/h6-9,16,19H,5,10-15H2,1-4H3. The lowest BCUT2D eigenvalue weighted by Gasteiger charge is -2.30. The second-order valence-electron chi connectivity index (χ2n) is 8.26. The zero-order chi connectivity index (χ0) is 21.9. The first-order valence-corrected chi connectivity index (χ1v) is 12.3. The molecule has 0 bridgehead atoms. The smallest absolute Gasteiger partial charge is 0.253 e. The molecular weight excluding hydrogens is 400 g/mol. The summed E-state index contributed by atoms with van der Waals surface area (Å²) in [6.07, 6.45) is 5.94. The number of amides is 1. The Kier molecular flexibility index (Phi) is 6.98. The topological polar surface area (TPSA) is 75.5 Å². The monoisotopic (exact) mass is 432 g/mol. The van der Waals surface area contributed by atoms with Crippen molar-refractivity contribution >= 4 is 15.9 Å². The van der Waals surface area contributed by atoms with Crippen LogP contribution in [0.25, 0.3) is 0 Å². The molecule has 1 amide bonds. The molecule has 1 saturated heterocycles. The fourth-order valence-electron chi connectivity index (χ4n) is 3.99. The van der Waals surface area contributed by atoms with Crippen molar-refractivity contribution in [2.45, 2.75) is 46.2 Å². The Balaban J connectivity index is 1.56. The zero-order valence-corrected chi connectivity index (χ0v) is 19.2. The van der Waals surface area contributed by atoms with Gasteiger partial charge in [0, 0.05) is 50.6 Å². The normalized spacial score (nSPS) is 16.0. The van der Waals surface area contributed by atoms with Crippen LogP contribution in [0, 0.1) is 12.8 Å². The number of aromatic nitrogens is 2. The zero-order valence-electron chi connectivity index (χ0n) is 18.3. The first-order valence-electron chi connectivity index (χ1n) is 10.5. The summed E-state index contributed by atoms with van der Waals surface area (Å²) in [7, 11) is -1.27. The Hall–Kier alpha value is -2.19. The van der Waals surface area contributed by atoms with Gasteiger partial charge < -0.3 is 4.90 Å². The Labute approximate surface area is 179 Å². The fourth-order valence-corrected chi connectivity index (χ4v) is 4.86. The third kappa shape index (κ3) is 5.49. The van der Waals surface area contributed by atoms with Gasteiger partial charge in [-0.3, -0.25) is 9.48 Å². The van der Waals surface area contributed by atoms with Crippen LogP contribution in [0.1, 0.15) is 46.9 Å². The molecular formula is C22H32N4O3S. The molecule has 1 fully saturated rings. The van der Waals surface area contributed by atoms with Gasteiger partial charge in [0.25, 0.3) is 5.91 Å². The summed E-state index contributed by atoms with van der Waals surface area (Å²) >= 11 is 0. The Morgan fingerprint density at radius 2 is 1.83 bits per heavy atom. The quantitative estimate of drug-likeness (QED) is 0.674. The molecule has 1 aromatic carbocycles. The number of hydrogen-bond donors (Lipinski definition) is 0. The maximum Gasteiger partial charge on any atom is 0.253 e. The first-order chi connectivity index (χ1) is 14.2. The van der Waals surface area contributed by atoms with Crippen LogP contribution in [-0.4, -0.2) is 59.7 Å². The number of carbonyl (C=O) groups excluding carboxylic acids is 1. The average Bonchev–Trinajstić information content (AvgIpc) is 3.07. The summed E-state index contributed by atoms with van der Waals surface area (Å²) in [5, 5.41) is 4.44. The van der Waals surface area contributed by atoms with Crippen molar-refractivity contribution in [3.05, 3.63) is 52.8 Å². The molecule has 1 aliphatic rings. The minimum absolute atomic E-state index is 0.00772. The predicted octanol–water partition coefficient (Wildman–Crippen LogP) is 2.70. The summed E-state index contributed by atoms with van der Waals surface area (Å²) in [5.41, 5.74) is 3.87.